The van der Waals surface area contributed by atoms with Crippen LogP contribution in [0.25, 0.3) is 0 Å². The molecule has 3 aliphatic rings. The lowest BCUT2D eigenvalue weighted by Crippen LogP contribution is -2.60. The second-order valence-corrected chi connectivity index (χ2v) is 14.5. The van der Waals surface area contributed by atoms with E-state index in [0.717, 1.165) is 32.1 Å². The van der Waals surface area contributed by atoms with E-state index in [1.54, 1.807) is 37.8 Å². The number of likely N-dealkylation sites (N-methyl/N-ethyl adjacent to an activating group) is 1. The van der Waals surface area contributed by atoms with Gasteiger partial charge in [0.2, 0.25) is 23.6 Å². The van der Waals surface area contributed by atoms with E-state index in [4.69, 9.17) is 14.2 Å². The lowest BCUT2D eigenvalue weighted by Gasteiger charge is -2.41. The van der Waals surface area contributed by atoms with Gasteiger partial charge < -0.3 is 40.0 Å². The van der Waals surface area contributed by atoms with Crippen molar-refractivity contribution in [1.29, 1.82) is 0 Å². The van der Waals surface area contributed by atoms with Crippen LogP contribution in [0.2, 0.25) is 0 Å². The third-order valence-corrected chi connectivity index (χ3v) is 11.0. The van der Waals surface area contributed by atoms with E-state index in [1.165, 1.54) is 14.2 Å². The number of carbonyl (C=O) groups excluding carboxylic acids is 5. The molecular weight excluding hydrogens is 618 g/mol. The fraction of sp³-hybridized carbons (Fsp3) is 0.857. The number of hydrogen-bond donors (Lipinski definition) is 3. The summed E-state index contributed by atoms with van der Waals surface area (Å²) in [6, 6.07) is -2.21. The van der Waals surface area contributed by atoms with Gasteiger partial charge in [0.25, 0.3) is 0 Å². The van der Waals surface area contributed by atoms with E-state index in [-0.39, 0.29) is 54.0 Å². The summed E-state index contributed by atoms with van der Waals surface area (Å²) in [5.74, 6) is -1.89. The zero-order valence-corrected chi connectivity index (χ0v) is 30.7. The average Bonchev–Trinajstić information content (AvgIpc) is 3.84. The van der Waals surface area contributed by atoms with Gasteiger partial charge in [-0.15, -0.1) is 0 Å². The minimum absolute atomic E-state index is 0.00550. The zero-order valence-electron chi connectivity index (χ0n) is 30.7. The summed E-state index contributed by atoms with van der Waals surface area (Å²) in [6.45, 7) is 11.7. The average molecular weight is 680 g/mol. The Balaban J connectivity index is 1.74. The molecule has 11 atom stereocenters. The maximum absolute atomic E-state index is 14.1. The Morgan fingerprint density at radius 3 is 2.17 bits per heavy atom. The standard InChI is InChI=1S/C35H61N5O8/c1-11-20(4)30(39(7)34(44)28(19(2)3)38-33(43)29-23-14-15-24(17-23)37-29)26(46-8)18-27(41)40-16-12-13-25(40)31(47-9)21(5)32(42)36-22(6)35(45)48-10/h19-26,28-31,37H,11-18H2,1-10H3,(H,36,42)(H,38,43)/t20-,21+,22-,23-,24+,25-,26+,28-,29-,30-,31+/m0/s1. The summed E-state index contributed by atoms with van der Waals surface area (Å²) >= 11 is 0. The van der Waals surface area contributed by atoms with Crippen molar-refractivity contribution in [1.82, 2.24) is 25.8 Å². The van der Waals surface area contributed by atoms with Crippen LogP contribution >= 0.6 is 0 Å². The zero-order chi connectivity index (χ0) is 35.9. The number of hydrogen-bond acceptors (Lipinski definition) is 9. The summed E-state index contributed by atoms with van der Waals surface area (Å²) in [7, 11) is 6.08. The molecule has 2 aliphatic heterocycles. The quantitative estimate of drug-likeness (QED) is 0.196. The number of esters is 1. The van der Waals surface area contributed by atoms with Gasteiger partial charge in [-0.3, -0.25) is 19.2 Å². The Morgan fingerprint density at radius 2 is 1.65 bits per heavy atom. The first kappa shape index (κ1) is 39.7. The van der Waals surface area contributed by atoms with E-state index >= 15 is 0 Å². The van der Waals surface area contributed by atoms with Crippen LogP contribution in [0.3, 0.4) is 0 Å². The molecule has 2 heterocycles. The molecule has 48 heavy (non-hydrogen) atoms. The van der Waals surface area contributed by atoms with Gasteiger partial charge >= 0.3 is 5.97 Å². The molecule has 2 saturated heterocycles. The van der Waals surface area contributed by atoms with Crippen molar-refractivity contribution < 1.29 is 38.2 Å². The number of likely N-dealkylation sites (tertiary alicyclic amines) is 1. The maximum Gasteiger partial charge on any atom is 0.328 e. The molecule has 13 heteroatoms. The third kappa shape index (κ3) is 9.06. The van der Waals surface area contributed by atoms with Crippen molar-refractivity contribution in [3.05, 3.63) is 0 Å². The number of rotatable bonds is 17. The smallest absolute Gasteiger partial charge is 0.328 e. The van der Waals surface area contributed by atoms with Crippen LogP contribution in [0.1, 0.15) is 86.5 Å². The molecule has 0 aromatic rings. The fourth-order valence-corrected chi connectivity index (χ4v) is 8.01. The van der Waals surface area contributed by atoms with Crippen LogP contribution in [0, 0.1) is 23.7 Å². The molecule has 0 unspecified atom stereocenters. The van der Waals surface area contributed by atoms with Crippen LogP contribution < -0.4 is 16.0 Å². The molecule has 0 aromatic heterocycles. The van der Waals surface area contributed by atoms with E-state index < -0.39 is 42.2 Å². The normalized spacial score (nSPS) is 26.3. The molecule has 13 nitrogen and oxygen atoms in total. The fourth-order valence-electron chi connectivity index (χ4n) is 8.01. The monoisotopic (exact) mass is 679 g/mol. The minimum Gasteiger partial charge on any atom is -0.467 e. The Bertz CT molecular complexity index is 1140. The topological polar surface area (TPSA) is 156 Å². The van der Waals surface area contributed by atoms with Gasteiger partial charge in [0.15, 0.2) is 0 Å². The molecule has 1 saturated carbocycles. The van der Waals surface area contributed by atoms with Crippen molar-refractivity contribution in [3.8, 4) is 0 Å². The van der Waals surface area contributed by atoms with Crippen LogP contribution in [0.4, 0.5) is 0 Å². The summed E-state index contributed by atoms with van der Waals surface area (Å²) in [5.41, 5.74) is 0. The highest BCUT2D eigenvalue weighted by atomic mass is 16.5. The van der Waals surface area contributed by atoms with Crippen LogP contribution in [-0.2, 0) is 38.2 Å². The van der Waals surface area contributed by atoms with Crippen LogP contribution in [0.15, 0.2) is 0 Å². The summed E-state index contributed by atoms with van der Waals surface area (Å²) < 4.78 is 16.5. The number of ether oxygens (including phenoxy) is 3. The largest absolute Gasteiger partial charge is 0.467 e. The lowest BCUT2D eigenvalue weighted by molar-refractivity contribution is -0.148. The van der Waals surface area contributed by atoms with Crippen LogP contribution in [-0.4, -0.2) is 123 Å². The Labute approximate surface area is 286 Å². The highest BCUT2D eigenvalue weighted by Crippen LogP contribution is 2.35. The number of nitrogens with zero attached hydrogens (tertiary/aromatic N) is 2. The molecule has 0 spiro atoms. The highest BCUT2D eigenvalue weighted by Gasteiger charge is 2.45. The van der Waals surface area contributed by atoms with Gasteiger partial charge in [0, 0.05) is 33.9 Å². The number of methoxy groups -OCH3 is 3. The van der Waals surface area contributed by atoms with Crippen molar-refractivity contribution in [2.45, 2.75) is 135 Å². The number of amides is 4. The van der Waals surface area contributed by atoms with E-state index in [2.05, 4.69) is 16.0 Å². The van der Waals surface area contributed by atoms with E-state index in [0.29, 0.717) is 24.9 Å². The molecule has 0 aromatic carbocycles. The van der Waals surface area contributed by atoms with Gasteiger partial charge in [0.05, 0.1) is 49.8 Å². The number of piperidine rings is 1. The number of nitrogens with one attached hydrogen (secondary N) is 3. The molecule has 0 radical (unpaired) electrons. The SMILES string of the molecule is CC[C@H](C)[C@@H]([C@@H](CC(=O)N1CCC[C@H]1[C@H](OC)[C@@H](C)C(=O)N[C@@H](C)C(=O)OC)OC)N(C)C(=O)[C@@H](NC(=O)[C@H]1N[C@@H]2CC[C@H]1C2)C(C)C. The van der Waals surface area contributed by atoms with E-state index in [1.807, 2.05) is 27.7 Å². The number of carbonyl (C=O) groups is 5. The van der Waals surface area contributed by atoms with E-state index in [9.17, 15) is 24.0 Å². The third-order valence-electron chi connectivity index (χ3n) is 11.0. The summed E-state index contributed by atoms with van der Waals surface area (Å²) in [4.78, 5) is 69.8. The van der Waals surface area contributed by atoms with Crippen LogP contribution in [0.5, 0.6) is 0 Å². The first-order chi connectivity index (χ1) is 22.7. The summed E-state index contributed by atoms with van der Waals surface area (Å²) in [5, 5.41) is 9.16. The molecule has 1 aliphatic carbocycles. The first-order valence-corrected chi connectivity index (χ1v) is 17.8. The Hall–Kier alpha value is -2.77. The Morgan fingerprint density at radius 1 is 0.958 bits per heavy atom. The first-order valence-electron chi connectivity index (χ1n) is 17.8. The second kappa shape index (κ2) is 17.8. The van der Waals surface area contributed by atoms with Gasteiger partial charge in [-0.05, 0) is 56.8 Å². The lowest BCUT2D eigenvalue weighted by atomic mass is 9.89. The van der Waals surface area contributed by atoms with Gasteiger partial charge in [-0.25, -0.2) is 4.79 Å². The molecule has 3 fully saturated rings. The van der Waals surface area contributed by atoms with Gasteiger partial charge in [-0.2, -0.15) is 0 Å². The molecule has 274 valence electrons. The van der Waals surface area contributed by atoms with Gasteiger partial charge in [-0.1, -0.05) is 41.0 Å². The molecule has 3 N–H and O–H groups in total. The second-order valence-electron chi connectivity index (χ2n) is 14.5. The predicted molar refractivity (Wildman–Crippen MR) is 181 cm³/mol. The minimum atomic E-state index is -0.818. The molecule has 3 rings (SSSR count). The van der Waals surface area contributed by atoms with Crippen molar-refractivity contribution in [2.24, 2.45) is 23.7 Å². The maximum atomic E-state index is 14.1. The Kier molecular flexibility index (Phi) is 14.7. The van der Waals surface area contributed by atoms with Crippen molar-refractivity contribution in [3.63, 3.8) is 0 Å². The predicted octanol–water partition coefficient (Wildman–Crippen LogP) is 1.87. The highest BCUT2D eigenvalue weighted by molar-refractivity contribution is 5.90. The molecule has 2 bridgehead atoms. The molecular formula is C35H61N5O8. The van der Waals surface area contributed by atoms with Crippen molar-refractivity contribution >= 4 is 29.6 Å². The summed E-state index contributed by atoms with van der Waals surface area (Å²) in [6.07, 6.45) is 4.10. The molecule has 4 amide bonds. The number of fused-ring (bicyclic) bond motifs is 2. The van der Waals surface area contributed by atoms with Crippen molar-refractivity contribution in [2.75, 3.05) is 34.9 Å². The van der Waals surface area contributed by atoms with Gasteiger partial charge in [0.1, 0.15) is 12.1 Å².